The second kappa shape index (κ2) is 19.3. The Kier molecular flexibility index (Phi) is 13.2. The monoisotopic (exact) mass is 920 g/mol. The Labute approximate surface area is 388 Å². The molecule has 1 saturated carbocycles. The Bertz CT molecular complexity index is 2670. The Morgan fingerprint density at radius 2 is 1.69 bits per heavy atom. The topological polar surface area (TPSA) is 161 Å². The molecule has 5 aliphatic rings. The number of imide groups is 1. The molecule has 0 radical (unpaired) electrons. The number of hydrogen-bond donors (Lipinski definition) is 2. The van der Waals surface area contributed by atoms with E-state index in [9.17, 15) is 28.0 Å². The number of pyridine rings is 1. The zero-order valence-corrected chi connectivity index (χ0v) is 38.5. The first-order valence-electron chi connectivity index (χ1n) is 23.2. The van der Waals surface area contributed by atoms with Crippen LogP contribution in [0.15, 0.2) is 55.0 Å². The number of amides is 4. The fourth-order valence-electron chi connectivity index (χ4n) is 10.4. The maximum atomic E-state index is 14.3. The van der Waals surface area contributed by atoms with Crippen LogP contribution in [0.4, 0.5) is 26.0 Å². The average molecular weight is 921 g/mol. The summed E-state index contributed by atoms with van der Waals surface area (Å²) in [7, 11) is 4.88. The van der Waals surface area contributed by atoms with Gasteiger partial charge in [0.1, 0.15) is 23.2 Å². The highest BCUT2D eigenvalue weighted by atomic mass is 19.3. The minimum absolute atomic E-state index is 0.00631. The fourth-order valence-corrected chi connectivity index (χ4v) is 10.4. The molecule has 16 nitrogen and oxygen atoms in total. The number of imidazole rings is 1. The number of fused-ring (bicyclic) bond motifs is 3. The van der Waals surface area contributed by atoms with Crippen molar-refractivity contribution < 1.29 is 37.4 Å². The van der Waals surface area contributed by atoms with E-state index >= 15 is 0 Å². The lowest BCUT2D eigenvalue weighted by Gasteiger charge is -2.38. The second-order valence-corrected chi connectivity index (χ2v) is 18.1. The van der Waals surface area contributed by atoms with Crippen molar-refractivity contribution in [2.45, 2.75) is 83.8 Å². The van der Waals surface area contributed by atoms with Crippen LogP contribution in [-0.2, 0) is 33.9 Å². The normalized spacial score (nSPS) is 19.0. The zero-order chi connectivity index (χ0) is 46.9. The van der Waals surface area contributed by atoms with E-state index < -0.39 is 12.5 Å². The van der Waals surface area contributed by atoms with Gasteiger partial charge in [0.2, 0.25) is 17.7 Å². The third-order valence-electron chi connectivity index (χ3n) is 14.1. The highest BCUT2D eigenvalue weighted by Crippen LogP contribution is 2.41. The van der Waals surface area contributed by atoms with Crippen molar-refractivity contribution in [1.29, 1.82) is 0 Å². The smallest absolute Gasteiger partial charge is 0.264 e. The van der Waals surface area contributed by atoms with Gasteiger partial charge in [-0.2, -0.15) is 5.10 Å². The molecule has 7 heterocycles. The number of H-pyrrole nitrogens is 1. The van der Waals surface area contributed by atoms with Crippen molar-refractivity contribution in [2.75, 3.05) is 70.3 Å². The maximum absolute atomic E-state index is 14.3. The molecule has 0 spiro atoms. The van der Waals surface area contributed by atoms with E-state index in [2.05, 4.69) is 36.4 Å². The van der Waals surface area contributed by atoms with Crippen LogP contribution in [0.5, 0.6) is 11.5 Å². The first kappa shape index (κ1) is 45.6. The molecule has 67 heavy (non-hydrogen) atoms. The number of ether oxygens (including phenoxy) is 2. The van der Waals surface area contributed by atoms with Crippen molar-refractivity contribution in [3.63, 3.8) is 0 Å². The second-order valence-electron chi connectivity index (χ2n) is 18.1. The summed E-state index contributed by atoms with van der Waals surface area (Å²) in [5.74, 6) is 1.64. The predicted octanol–water partition coefficient (Wildman–Crippen LogP) is 6.50. The van der Waals surface area contributed by atoms with Crippen molar-refractivity contribution in [2.24, 2.45) is 5.92 Å². The van der Waals surface area contributed by atoms with Crippen molar-refractivity contribution in [3.8, 4) is 22.6 Å². The van der Waals surface area contributed by atoms with Gasteiger partial charge in [-0.1, -0.05) is 25.3 Å². The van der Waals surface area contributed by atoms with Gasteiger partial charge in [0.15, 0.2) is 5.82 Å². The highest BCUT2D eigenvalue weighted by Gasteiger charge is 2.41. The van der Waals surface area contributed by atoms with Crippen molar-refractivity contribution in [3.05, 3.63) is 82.9 Å². The largest absolute Gasteiger partial charge is 0.496 e. The lowest BCUT2D eigenvalue weighted by molar-refractivity contribution is -0.137. The highest BCUT2D eigenvalue weighted by molar-refractivity contribution is 6.07. The molecule has 1 atom stereocenters. The summed E-state index contributed by atoms with van der Waals surface area (Å²) >= 11 is 0. The van der Waals surface area contributed by atoms with Crippen molar-refractivity contribution >= 4 is 46.5 Å². The number of rotatable bonds is 10. The van der Waals surface area contributed by atoms with Gasteiger partial charge in [-0.05, 0) is 60.6 Å². The van der Waals surface area contributed by atoms with Crippen LogP contribution in [0.1, 0.15) is 91.0 Å². The number of anilines is 3. The number of nitrogens with zero attached hydrogens (tertiary/aromatic N) is 8. The van der Waals surface area contributed by atoms with E-state index in [-0.39, 0.29) is 35.6 Å². The number of benzene rings is 2. The lowest BCUT2D eigenvalue weighted by Crippen LogP contribution is -2.52. The quantitative estimate of drug-likeness (QED) is 0.147. The molecule has 2 aromatic carbocycles. The lowest BCUT2D eigenvalue weighted by atomic mass is 9.89. The van der Waals surface area contributed by atoms with Gasteiger partial charge < -0.3 is 33.5 Å². The molecule has 2 N–H and O–H groups in total. The number of carbonyl (C=O) groups excluding carboxylic acids is 4. The third kappa shape index (κ3) is 9.27. The molecule has 10 rings (SSSR count). The minimum atomic E-state index is -2.70. The Hall–Kier alpha value is -6.56. The van der Waals surface area contributed by atoms with E-state index in [4.69, 9.17) is 9.47 Å². The number of aromatic amines is 1. The molecule has 4 amide bonds. The SMILES string of the molecule is COc1cc(N2CCN(CC3CCCCC3)CC2)cc2c1C(=O)N(C1CCC(=O)NC1=O)C2.COc1cn2ccnc2cc1-c1ccc(N(C)c2n[nH]c3c2CN(C(C)=O)CC3)cc1C(F)F. The number of halogens is 2. The van der Waals surface area contributed by atoms with Crippen LogP contribution in [0.2, 0.25) is 0 Å². The summed E-state index contributed by atoms with van der Waals surface area (Å²) in [6.45, 7) is 8.20. The molecule has 3 aromatic heterocycles. The number of nitrogens with one attached hydrogen (secondary N) is 2. The Balaban J connectivity index is 0.000000168. The fraction of sp³-hybridized carbons (Fsp3) is 0.469. The number of carbonyl (C=O) groups is 4. The molecule has 354 valence electrons. The van der Waals surface area contributed by atoms with E-state index in [1.54, 1.807) is 70.0 Å². The Morgan fingerprint density at radius 3 is 2.40 bits per heavy atom. The molecule has 3 fully saturated rings. The van der Waals surface area contributed by atoms with Crippen LogP contribution in [0.25, 0.3) is 16.8 Å². The molecule has 0 bridgehead atoms. The van der Waals surface area contributed by atoms with Crippen LogP contribution >= 0.6 is 0 Å². The van der Waals surface area contributed by atoms with Crippen LogP contribution in [0.3, 0.4) is 0 Å². The molecule has 1 unspecified atom stereocenters. The summed E-state index contributed by atoms with van der Waals surface area (Å²) in [5.41, 5.74) is 6.37. The van der Waals surface area contributed by atoms with Gasteiger partial charge in [0.05, 0.1) is 32.5 Å². The molecule has 1 aliphatic carbocycles. The molecule has 5 aromatic rings. The van der Waals surface area contributed by atoms with Crippen LogP contribution in [-0.4, -0.2) is 124 Å². The van der Waals surface area contributed by atoms with Gasteiger partial charge in [0, 0.05) is 125 Å². The van der Waals surface area contributed by atoms with Crippen LogP contribution < -0.4 is 24.6 Å². The maximum Gasteiger partial charge on any atom is 0.264 e. The zero-order valence-electron chi connectivity index (χ0n) is 38.5. The predicted molar refractivity (Wildman–Crippen MR) is 248 cm³/mol. The third-order valence-corrected chi connectivity index (χ3v) is 14.1. The van der Waals surface area contributed by atoms with E-state index in [0.29, 0.717) is 77.8 Å². The number of hydrogen-bond acceptors (Lipinski definition) is 11. The first-order chi connectivity index (χ1) is 32.4. The van der Waals surface area contributed by atoms with Crippen LogP contribution in [0, 0.1) is 5.92 Å². The summed E-state index contributed by atoms with van der Waals surface area (Å²) in [5, 5.41) is 9.82. The summed E-state index contributed by atoms with van der Waals surface area (Å²) in [4.78, 5) is 63.3. The molecular formula is C49H58F2N10O6. The number of piperidine rings is 1. The average Bonchev–Trinajstić information content (AvgIpc) is 4.08. The molecule has 2 saturated heterocycles. The number of alkyl halides is 2. The van der Waals surface area contributed by atoms with Crippen molar-refractivity contribution in [1.82, 2.24) is 39.6 Å². The standard InChI is InChI=1S/C25H34N4O4.C24H24F2N6O2/c1-33-21-14-19(28-11-9-27(10-12-28)15-17-5-3-2-4-6-17)13-18-16-29(25(32)23(18)21)20-7-8-22(30)26-24(20)31;1-14(33)31-8-6-20-19(12-31)24(29-28-20)30(2)15-4-5-16(18(10-15)23(25)26)17-11-22-27-7-9-32(22)13-21(17)34-3/h13-14,17,20H,2-12,15-16H2,1H3,(H,26,30,31);4-5,7,9-11,13,23H,6,8,12H2,1-3H3,(H,28,29). The summed E-state index contributed by atoms with van der Waals surface area (Å²) < 4.78 is 41.4. The number of aromatic nitrogens is 4. The first-order valence-corrected chi connectivity index (χ1v) is 23.2. The minimum Gasteiger partial charge on any atom is -0.496 e. The van der Waals surface area contributed by atoms with Gasteiger partial charge >= 0.3 is 0 Å². The molecule has 18 heteroatoms. The van der Waals surface area contributed by atoms with Gasteiger partial charge in [0.25, 0.3) is 12.3 Å². The Morgan fingerprint density at radius 1 is 0.910 bits per heavy atom. The summed E-state index contributed by atoms with van der Waals surface area (Å²) in [6, 6.07) is 10.1. The van der Waals surface area contributed by atoms with Gasteiger partial charge in [-0.15, -0.1) is 0 Å². The number of piperazine rings is 1. The van der Waals surface area contributed by atoms with E-state index in [0.717, 1.165) is 54.6 Å². The van der Waals surface area contributed by atoms with E-state index in [1.807, 2.05) is 6.07 Å². The van der Waals surface area contributed by atoms with E-state index in [1.165, 1.54) is 58.7 Å². The van der Waals surface area contributed by atoms with Gasteiger partial charge in [-0.25, -0.2) is 13.8 Å². The molecular weight excluding hydrogens is 863 g/mol. The summed E-state index contributed by atoms with van der Waals surface area (Å²) in [6.07, 6.45) is 10.6. The number of methoxy groups -OCH3 is 2. The molecule has 4 aliphatic heterocycles. The van der Waals surface area contributed by atoms with Gasteiger partial charge in [-0.3, -0.25) is 34.5 Å².